The minimum absolute atomic E-state index is 0.192. The molecule has 2 aromatic rings. The molecule has 7 heteroatoms. The number of likely N-dealkylation sites (N-methyl/N-ethyl adjacent to an activating group) is 1. The second-order valence-corrected chi connectivity index (χ2v) is 5.77. The van der Waals surface area contributed by atoms with Crippen LogP contribution < -0.4 is 5.32 Å². The van der Waals surface area contributed by atoms with Gasteiger partial charge in [-0.05, 0) is 31.3 Å². The van der Waals surface area contributed by atoms with E-state index in [1.807, 2.05) is 18.0 Å². The fourth-order valence-electron chi connectivity index (χ4n) is 1.78. The van der Waals surface area contributed by atoms with Crippen molar-refractivity contribution in [3.8, 4) is 0 Å². The molecule has 2 rings (SSSR count). The molecule has 0 saturated carbocycles. The molecule has 112 valence electrons. The van der Waals surface area contributed by atoms with Crippen molar-refractivity contribution < 1.29 is 9.21 Å². The molecule has 0 aliphatic carbocycles. The van der Waals surface area contributed by atoms with Crippen molar-refractivity contribution >= 4 is 46.4 Å². The van der Waals surface area contributed by atoms with Crippen molar-refractivity contribution in [3.05, 3.63) is 51.4 Å². The number of nitrogens with zero attached hydrogens (tertiary/aromatic N) is 1. The third-order valence-corrected chi connectivity index (χ3v) is 3.74. The van der Waals surface area contributed by atoms with Crippen LogP contribution in [-0.2, 0) is 11.3 Å². The van der Waals surface area contributed by atoms with E-state index in [0.29, 0.717) is 27.3 Å². The normalized spacial score (nSPS) is 10.9. The Bertz CT molecular complexity index is 629. The quantitative estimate of drug-likeness (QED) is 0.820. The van der Waals surface area contributed by atoms with Crippen molar-refractivity contribution in [2.75, 3.05) is 18.9 Å². The Morgan fingerprint density at radius 1 is 1.24 bits per heavy atom. The van der Waals surface area contributed by atoms with E-state index in [0.717, 1.165) is 5.76 Å². The molecule has 0 unspecified atom stereocenters. The van der Waals surface area contributed by atoms with Gasteiger partial charge >= 0.3 is 0 Å². The molecule has 0 spiro atoms. The van der Waals surface area contributed by atoms with Gasteiger partial charge in [-0.3, -0.25) is 9.69 Å². The zero-order valence-electron chi connectivity index (χ0n) is 11.2. The Kier molecular flexibility index (Phi) is 5.53. The number of furan rings is 1. The molecule has 0 saturated heterocycles. The Morgan fingerprint density at radius 3 is 2.62 bits per heavy atom. The Hall–Kier alpha value is -1.20. The van der Waals surface area contributed by atoms with Crippen LogP contribution in [0, 0.1) is 0 Å². The number of carbonyl (C=O) groups is 1. The van der Waals surface area contributed by atoms with E-state index in [1.165, 1.54) is 12.1 Å². The summed E-state index contributed by atoms with van der Waals surface area (Å²) in [5, 5.41) is 3.72. The van der Waals surface area contributed by atoms with Crippen LogP contribution in [0.3, 0.4) is 0 Å². The van der Waals surface area contributed by atoms with Crippen LogP contribution in [0.15, 0.2) is 34.9 Å². The maximum Gasteiger partial charge on any atom is 0.238 e. The van der Waals surface area contributed by atoms with Crippen molar-refractivity contribution in [1.82, 2.24) is 4.90 Å². The highest BCUT2D eigenvalue weighted by molar-refractivity contribution is 6.44. The molecule has 0 atom stereocenters. The largest absolute Gasteiger partial charge is 0.468 e. The lowest BCUT2D eigenvalue weighted by atomic mass is 10.3. The summed E-state index contributed by atoms with van der Waals surface area (Å²) in [6.07, 6.45) is 1.60. The first-order valence-electron chi connectivity index (χ1n) is 6.11. The number of amides is 1. The molecular formula is C14H13Cl3N2O2. The predicted octanol–water partition coefficient (Wildman–Crippen LogP) is 4.31. The predicted molar refractivity (Wildman–Crippen MR) is 85.1 cm³/mol. The fourth-order valence-corrected chi connectivity index (χ4v) is 2.37. The van der Waals surface area contributed by atoms with Crippen LogP contribution in [-0.4, -0.2) is 24.4 Å². The van der Waals surface area contributed by atoms with Gasteiger partial charge in [0.1, 0.15) is 5.76 Å². The summed E-state index contributed by atoms with van der Waals surface area (Å²) in [4.78, 5) is 13.8. The zero-order chi connectivity index (χ0) is 15.4. The molecule has 0 aliphatic heterocycles. The summed E-state index contributed by atoms with van der Waals surface area (Å²) in [5.41, 5.74) is 0.433. The van der Waals surface area contributed by atoms with Crippen LogP contribution in [0.2, 0.25) is 15.1 Å². The van der Waals surface area contributed by atoms with Crippen LogP contribution >= 0.6 is 34.8 Å². The number of anilines is 1. The van der Waals surface area contributed by atoms with Gasteiger partial charge in [0.25, 0.3) is 0 Å². The van der Waals surface area contributed by atoms with Crippen LogP contribution in [0.5, 0.6) is 0 Å². The smallest absolute Gasteiger partial charge is 0.238 e. The van der Waals surface area contributed by atoms with E-state index in [-0.39, 0.29) is 12.5 Å². The first kappa shape index (κ1) is 16.2. The van der Waals surface area contributed by atoms with Gasteiger partial charge in [-0.15, -0.1) is 0 Å². The third kappa shape index (κ3) is 4.64. The number of nitrogens with one attached hydrogen (secondary N) is 1. The van der Waals surface area contributed by atoms with E-state index in [2.05, 4.69) is 5.32 Å². The summed E-state index contributed by atoms with van der Waals surface area (Å²) in [7, 11) is 1.82. The van der Waals surface area contributed by atoms with Gasteiger partial charge in [0.2, 0.25) is 5.91 Å². The van der Waals surface area contributed by atoms with E-state index < -0.39 is 0 Å². The van der Waals surface area contributed by atoms with Crippen LogP contribution in [0.25, 0.3) is 0 Å². The molecule has 1 heterocycles. The average Bonchev–Trinajstić information content (AvgIpc) is 2.88. The monoisotopic (exact) mass is 346 g/mol. The van der Waals surface area contributed by atoms with Gasteiger partial charge < -0.3 is 9.73 Å². The third-order valence-electron chi connectivity index (χ3n) is 2.70. The summed E-state index contributed by atoms with van der Waals surface area (Å²) < 4.78 is 5.23. The molecule has 1 aromatic carbocycles. The molecule has 0 aliphatic rings. The summed E-state index contributed by atoms with van der Waals surface area (Å²) >= 11 is 17.8. The lowest BCUT2D eigenvalue weighted by Gasteiger charge is -2.15. The number of halogens is 3. The standard InChI is InChI=1S/C14H13Cl3N2O2/c1-19(7-9-3-2-4-21-9)8-14(20)18-13-6-11(16)10(15)5-12(13)17/h2-6H,7-8H2,1H3,(H,18,20). The Labute approximate surface area is 137 Å². The first-order chi connectivity index (χ1) is 9.95. The van der Waals surface area contributed by atoms with Gasteiger partial charge in [0.05, 0.1) is 40.1 Å². The Balaban J connectivity index is 1.94. The van der Waals surface area contributed by atoms with Gasteiger partial charge in [-0.25, -0.2) is 0 Å². The topological polar surface area (TPSA) is 45.5 Å². The fraction of sp³-hybridized carbons (Fsp3) is 0.214. The summed E-state index contributed by atoms with van der Waals surface area (Å²) in [6, 6.07) is 6.67. The average molecular weight is 348 g/mol. The lowest BCUT2D eigenvalue weighted by Crippen LogP contribution is -2.29. The molecule has 1 N–H and O–H groups in total. The van der Waals surface area contributed by atoms with E-state index in [1.54, 1.807) is 12.3 Å². The Morgan fingerprint density at radius 2 is 1.95 bits per heavy atom. The van der Waals surface area contributed by atoms with Crippen molar-refractivity contribution in [2.24, 2.45) is 0 Å². The van der Waals surface area contributed by atoms with E-state index in [4.69, 9.17) is 39.2 Å². The molecule has 1 aromatic heterocycles. The van der Waals surface area contributed by atoms with Gasteiger partial charge in [-0.2, -0.15) is 0 Å². The minimum Gasteiger partial charge on any atom is -0.468 e. The van der Waals surface area contributed by atoms with Gasteiger partial charge in [-0.1, -0.05) is 34.8 Å². The van der Waals surface area contributed by atoms with Crippen molar-refractivity contribution in [3.63, 3.8) is 0 Å². The van der Waals surface area contributed by atoms with Gasteiger partial charge in [0, 0.05) is 0 Å². The van der Waals surface area contributed by atoms with Crippen LogP contribution in [0.4, 0.5) is 5.69 Å². The van der Waals surface area contributed by atoms with Gasteiger partial charge in [0.15, 0.2) is 0 Å². The highest BCUT2D eigenvalue weighted by Crippen LogP contribution is 2.32. The second kappa shape index (κ2) is 7.18. The number of hydrogen-bond acceptors (Lipinski definition) is 3. The second-order valence-electron chi connectivity index (χ2n) is 4.55. The highest BCUT2D eigenvalue weighted by Gasteiger charge is 2.12. The molecule has 4 nitrogen and oxygen atoms in total. The summed E-state index contributed by atoms with van der Waals surface area (Å²) in [5.74, 6) is 0.585. The molecule has 21 heavy (non-hydrogen) atoms. The van der Waals surface area contributed by atoms with E-state index in [9.17, 15) is 4.79 Å². The molecule has 1 amide bonds. The van der Waals surface area contributed by atoms with Crippen LogP contribution in [0.1, 0.15) is 5.76 Å². The minimum atomic E-state index is -0.204. The number of carbonyl (C=O) groups excluding carboxylic acids is 1. The molecular weight excluding hydrogens is 335 g/mol. The van der Waals surface area contributed by atoms with E-state index >= 15 is 0 Å². The van der Waals surface area contributed by atoms with Crippen molar-refractivity contribution in [1.29, 1.82) is 0 Å². The first-order valence-corrected chi connectivity index (χ1v) is 7.24. The number of rotatable bonds is 5. The molecule has 0 bridgehead atoms. The number of benzene rings is 1. The molecule has 0 radical (unpaired) electrons. The highest BCUT2D eigenvalue weighted by atomic mass is 35.5. The lowest BCUT2D eigenvalue weighted by molar-refractivity contribution is -0.117. The van der Waals surface area contributed by atoms with Crippen molar-refractivity contribution in [2.45, 2.75) is 6.54 Å². The summed E-state index contributed by atoms with van der Waals surface area (Å²) in [6.45, 7) is 0.729. The number of hydrogen-bond donors (Lipinski definition) is 1. The SMILES string of the molecule is CN(CC(=O)Nc1cc(Cl)c(Cl)cc1Cl)Cc1ccco1. The maximum atomic E-state index is 12.0. The zero-order valence-corrected chi connectivity index (χ0v) is 13.5. The molecule has 0 fully saturated rings. The maximum absolute atomic E-state index is 12.0.